The highest BCUT2D eigenvalue weighted by Gasteiger charge is 2.25. The topological polar surface area (TPSA) is 17.1 Å². The van der Waals surface area contributed by atoms with Gasteiger partial charge in [0.05, 0.1) is 0 Å². The van der Waals surface area contributed by atoms with E-state index in [4.69, 9.17) is 0 Å². The monoisotopic (exact) mass is 252 g/mol. The van der Waals surface area contributed by atoms with Gasteiger partial charge in [0.1, 0.15) is 5.78 Å². The van der Waals surface area contributed by atoms with E-state index < -0.39 is 0 Å². The van der Waals surface area contributed by atoms with Crippen molar-refractivity contribution in [1.82, 2.24) is 0 Å². The van der Waals surface area contributed by atoms with Crippen molar-refractivity contribution in [1.29, 1.82) is 0 Å². The molecule has 1 fully saturated rings. The molecule has 0 unspecified atom stereocenters. The van der Waals surface area contributed by atoms with Crippen molar-refractivity contribution in [3.8, 4) is 0 Å². The molecule has 0 bridgehead atoms. The van der Waals surface area contributed by atoms with E-state index in [9.17, 15) is 4.79 Å². The molecular weight excluding hydrogens is 220 g/mol. The molecule has 1 saturated carbocycles. The Hall–Kier alpha value is -0.330. The van der Waals surface area contributed by atoms with Crippen LogP contribution in [0.2, 0.25) is 0 Å². The smallest absolute Gasteiger partial charge is 0.138 e. The third-order valence-corrected chi connectivity index (χ3v) is 4.46. The number of rotatable bonds is 0. The number of hydrogen-bond donors (Lipinski definition) is 0. The third kappa shape index (κ3) is 6.56. The van der Waals surface area contributed by atoms with Crippen LogP contribution < -0.4 is 0 Å². The fourth-order valence-electron chi connectivity index (χ4n) is 2.92. The summed E-state index contributed by atoms with van der Waals surface area (Å²) < 4.78 is 0. The highest BCUT2D eigenvalue weighted by atomic mass is 16.1. The number of ketones is 1. The Morgan fingerprint density at radius 2 is 1.06 bits per heavy atom. The third-order valence-electron chi connectivity index (χ3n) is 4.46. The summed E-state index contributed by atoms with van der Waals surface area (Å²) in [5.74, 6) is 0.498. The summed E-state index contributed by atoms with van der Waals surface area (Å²) in [4.78, 5) is 12.2. The number of hydrogen-bond acceptors (Lipinski definition) is 1. The van der Waals surface area contributed by atoms with Crippen LogP contribution in [0.15, 0.2) is 0 Å². The fourth-order valence-corrected chi connectivity index (χ4v) is 2.92. The Balaban J connectivity index is 2.36. The molecule has 0 aromatic carbocycles. The van der Waals surface area contributed by atoms with Crippen molar-refractivity contribution in [2.45, 2.75) is 97.3 Å². The molecule has 106 valence electrons. The number of carbonyl (C=O) groups excluding carboxylic acids is 1. The maximum atomic E-state index is 12.2. The number of Topliss-reactive ketones (excluding diaryl/α,β-unsaturated/α-hetero) is 1. The zero-order valence-corrected chi connectivity index (χ0v) is 12.6. The van der Waals surface area contributed by atoms with Crippen molar-refractivity contribution >= 4 is 5.78 Å². The lowest BCUT2D eigenvalue weighted by molar-refractivity contribution is -0.127. The van der Waals surface area contributed by atoms with Gasteiger partial charge in [-0.25, -0.2) is 0 Å². The highest BCUT2D eigenvalue weighted by molar-refractivity contribution is 5.83. The van der Waals surface area contributed by atoms with Crippen LogP contribution in [0.3, 0.4) is 0 Å². The molecule has 0 saturated heterocycles. The van der Waals surface area contributed by atoms with Gasteiger partial charge in [0.25, 0.3) is 0 Å². The molecule has 1 rings (SSSR count). The van der Waals surface area contributed by atoms with E-state index in [0.29, 0.717) is 5.78 Å². The van der Waals surface area contributed by atoms with Crippen molar-refractivity contribution in [3.05, 3.63) is 0 Å². The SMILES string of the molecule is CC1(C)CCCCCCCCCCCCCC1=O. The minimum atomic E-state index is -0.0693. The fraction of sp³-hybridized carbons (Fsp3) is 0.941. The molecule has 0 atom stereocenters. The van der Waals surface area contributed by atoms with E-state index in [1.54, 1.807) is 0 Å². The highest BCUT2D eigenvalue weighted by Crippen LogP contribution is 2.28. The molecule has 0 aliphatic heterocycles. The van der Waals surface area contributed by atoms with Crippen molar-refractivity contribution in [2.24, 2.45) is 5.41 Å². The summed E-state index contributed by atoms with van der Waals surface area (Å²) in [7, 11) is 0. The molecule has 1 aliphatic rings. The van der Waals surface area contributed by atoms with E-state index in [1.807, 2.05) is 0 Å². The van der Waals surface area contributed by atoms with Crippen LogP contribution in [0.4, 0.5) is 0 Å². The summed E-state index contributed by atoms with van der Waals surface area (Å²) >= 11 is 0. The van der Waals surface area contributed by atoms with Crippen LogP contribution in [0, 0.1) is 5.41 Å². The molecule has 0 spiro atoms. The summed E-state index contributed by atoms with van der Waals surface area (Å²) in [6.07, 6.45) is 16.5. The molecule has 0 radical (unpaired) electrons. The van der Waals surface area contributed by atoms with Gasteiger partial charge < -0.3 is 0 Å². The maximum Gasteiger partial charge on any atom is 0.138 e. The Labute approximate surface area is 114 Å². The molecule has 1 nitrogen and oxygen atoms in total. The molecule has 0 aromatic rings. The van der Waals surface area contributed by atoms with Gasteiger partial charge in [-0.2, -0.15) is 0 Å². The average Bonchev–Trinajstić information content (AvgIpc) is 2.34. The second-order valence-corrected chi connectivity index (χ2v) is 6.70. The van der Waals surface area contributed by atoms with Crippen molar-refractivity contribution < 1.29 is 4.79 Å². The normalized spacial score (nSPS) is 25.1. The second-order valence-electron chi connectivity index (χ2n) is 6.70. The lowest BCUT2D eigenvalue weighted by atomic mass is 9.80. The van der Waals surface area contributed by atoms with Crippen LogP contribution in [0.25, 0.3) is 0 Å². The molecule has 0 amide bonds. The maximum absolute atomic E-state index is 12.2. The van der Waals surface area contributed by atoms with Crippen molar-refractivity contribution in [3.63, 3.8) is 0 Å². The first-order chi connectivity index (χ1) is 8.63. The molecule has 0 aromatic heterocycles. The van der Waals surface area contributed by atoms with Crippen LogP contribution in [-0.4, -0.2) is 5.78 Å². The predicted octanol–water partition coefficient (Wildman–Crippen LogP) is 5.67. The van der Waals surface area contributed by atoms with E-state index in [-0.39, 0.29) is 5.41 Å². The van der Waals surface area contributed by atoms with Gasteiger partial charge in [-0.3, -0.25) is 4.79 Å². The first-order valence-electron chi connectivity index (χ1n) is 8.16. The summed E-state index contributed by atoms with van der Waals surface area (Å²) in [5.41, 5.74) is -0.0693. The van der Waals surface area contributed by atoms with Gasteiger partial charge in [-0.15, -0.1) is 0 Å². The van der Waals surface area contributed by atoms with E-state index >= 15 is 0 Å². The average molecular weight is 252 g/mol. The molecular formula is C17H32O. The zero-order valence-electron chi connectivity index (χ0n) is 12.6. The van der Waals surface area contributed by atoms with Crippen LogP contribution >= 0.6 is 0 Å². The van der Waals surface area contributed by atoms with Gasteiger partial charge in [-0.05, 0) is 12.8 Å². The zero-order chi connectivity index (χ0) is 13.3. The molecule has 1 heteroatoms. The minimum absolute atomic E-state index is 0.0693. The Kier molecular flexibility index (Phi) is 7.62. The van der Waals surface area contributed by atoms with Crippen LogP contribution in [0.5, 0.6) is 0 Å². The number of carbonyl (C=O) groups is 1. The minimum Gasteiger partial charge on any atom is -0.299 e. The van der Waals surface area contributed by atoms with Gasteiger partial charge in [0, 0.05) is 11.8 Å². The first-order valence-corrected chi connectivity index (χ1v) is 8.16. The van der Waals surface area contributed by atoms with Gasteiger partial charge in [0.2, 0.25) is 0 Å². The quantitative estimate of drug-likeness (QED) is 0.543. The Morgan fingerprint density at radius 1 is 0.667 bits per heavy atom. The second kappa shape index (κ2) is 8.72. The molecule has 0 N–H and O–H groups in total. The summed E-state index contributed by atoms with van der Waals surface area (Å²) in [6.45, 7) is 4.29. The van der Waals surface area contributed by atoms with Gasteiger partial charge >= 0.3 is 0 Å². The Morgan fingerprint density at radius 3 is 1.56 bits per heavy atom. The molecule has 18 heavy (non-hydrogen) atoms. The van der Waals surface area contributed by atoms with E-state index in [0.717, 1.165) is 19.3 Å². The van der Waals surface area contributed by atoms with E-state index in [1.165, 1.54) is 64.2 Å². The lowest BCUT2D eigenvalue weighted by Crippen LogP contribution is -2.24. The van der Waals surface area contributed by atoms with Gasteiger partial charge in [0.15, 0.2) is 0 Å². The standard InChI is InChI=1S/C17H32O/c1-17(2)15-13-11-9-7-5-3-4-6-8-10-12-14-16(17)18/h3-15H2,1-2H3. The first kappa shape index (κ1) is 15.7. The van der Waals surface area contributed by atoms with Crippen LogP contribution in [0.1, 0.15) is 97.3 Å². The predicted molar refractivity (Wildman–Crippen MR) is 78.8 cm³/mol. The lowest BCUT2D eigenvalue weighted by Gasteiger charge is -2.23. The van der Waals surface area contributed by atoms with Crippen molar-refractivity contribution in [2.75, 3.05) is 0 Å². The van der Waals surface area contributed by atoms with E-state index in [2.05, 4.69) is 13.8 Å². The molecule has 0 heterocycles. The molecule has 1 aliphatic carbocycles. The summed E-state index contributed by atoms with van der Waals surface area (Å²) in [5, 5.41) is 0. The van der Waals surface area contributed by atoms with Crippen LogP contribution in [-0.2, 0) is 4.79 Å². The summed E-state index contributed by atoms with van der Waals surface area (Å²) in [6, 6.07) is 0. The largest absolute Gasteiger partial charge is 0.299 e. The van der Waals surface area contributed by atoms with Gasteiger partial charge in [-0.1, -0.05) is 78.1 Å². The Bertz CT molecular complexity index is 230.